The van der Waals surface area contributed by atoms with Crippen molar-refractivity contribution in [2.24, 2.45) is 0 Å². The van der Waals surface area contributed by atoms with Crippen molar-refractivity contribution < 1.29 is 13.9 Å². The molecule has 26 heavy (non-hydrogen) atoms. The third kappa shape index (κ3) is 3.20. The summed E-state index contributed by atoms with van der Waals surface area (Å²) in [4.78, 5) is 16.1. The molecule has 0 saturated carbocycles. The highest BCUT2D eigenvalue weighted by Gasteiger charge is 2.30. The number of rotatable bonds is 4. The van der Waals surface area contributed by atoms with Gasteiger partial charge in [-0.25, -0.2) is 9.07 Å². The average molecular weight is 417 g/mol. The molecule has 0 radical (unpaired) electrons. The number of carbonyl (C=O) groups is 1. The van der Waals surface area contributed by atoms with E-state index in [0.717, 1.165) is 10.0 Å². The minimum absolute atomic E-state index is 0.0877. The molecule has 8 heteroatoms. The van der Waals surface area contributed by atoms with Gasteiger partial charge >= 0.3 is 0 Å². The molecular formula is C18H14BrFN4O2. The minimum Gasteiger partial charge on any atom is -0.488 e. The smallest absolute Gasteiger partial charge is 0.229 e. The summed E-state index contributed by atoms with van der Waals surface area (Å²) < 4.78 is 22.2. The van der Waals surface area contributed by atoms with E-state index in [1.54, 1.807) is 28.9 Å². The Labute approximate surface area is 157 Å². The van der Waals surface area contributed by atoms with E-state index in [2.05, 4.69) is 31.3 Å². The van der Waals surface area contributed by atoms with E-state index in [0.29, 0.717) is 17.3 Å². The van der Waals surface area contributed by atoms with Crippen molar-refractivity contribution in [2.75, 3.05) is 5.32 Å². The van der Waals surface area contributed by atoms with E-state index < -0.39 is 0 Å². The van der Waals surface area contributed by atoms with Gasteiger partial charge in [0, 0.05) is 15.6 Å². The first-order valence-corrected chi connectivity index (χ1v) is 8.76. The van der Waals surface area contributed by atoms with Gasteiger partial charge in [-0.2, -0.15) is 10.1 Å². The lowest BCUT2D eigenvalue weighted by Crippen LogP contribution is -2.29. The van der Waals surface area contributed by atoms with Crippen LogP contribution >= 0.6 is 15.9 Å². The number of fused-ring (bicyclic) bond motifs is 1. The first-order valence-electron chi connectivity index (χ1n) is 7.97. The summed E-state index contributed by atoms with van der Waals surface area (Å²) in [6.45, 7) is 0.0877. The normalized spacial score (nSPS) is 16.1. The van der Waals surface area contributed by atoms with Crippen LogP contribution in [0.3, 0.4) is 0 Å². The Morgan fingerprint density at radius 2 is 2.15 bits per heavy atom. The van der Waals surface area contributed by atoms with Crippen LogP contribution < -0.4 is 10.1 Å². The summed E-state index contributed by atoms with van der Waals surface area (Å²) in [5, 5.41) is 6.90. The highest BCUT2D eigenvalue weighted by atomic mass is 79.9. The van der Waals surface area contributed by atoms with Crippen LogP contribution in [0.25, 0.3) is 0 Å². The first-order chi connectivity index (χ1) is 12.6. The Kier molecular flexibility index (Phi) is 4.42. The zero-order valence-electron chi connectivity index (χ0n) is 13.5. The maximum absolute atomic E-state index is 13.9. The van der Waals surface area contributed by atoms with E-state index in [1.165, 1.54) is 12.4 Å². The number of amides is 1. The van der Waals surface area contributed by atoms with E-state index in [9.17, 15) is 9.18 Å². The Morgan fingerprint density at radius 3 is 3.00 bits per heavy atom. The zero-order valence-corrected chi connectivity index (χ0v) is 15.1. The molecule has 1 N–H and O–H groups in total. The fourth-order valence-electron chi connectivity index (χ4n) is 2.93. The van der Waals surface area contributed by atoms with Crippen molar-refractivity contribution in [3.63, 3.8) is 0 Å². The second-order valence-corrected chi connectivity index (χ2v) is 6.77. The molecule has 132 valence electrons. The van der Waals surface area contributed by atoms with Crippen LogP contribution in [-0.2, 0) is 11.4 Å². The number of nitrogens with zero attached hydrogens (tertiary/aromatic N) is 3. The minimum atomic E-state index is -0.352. The van der Waals surface area contributed by atoms with Crippen LogP contribution in [0.2, 0.25) is 0 Å². The maximum atomic E-state index is 13.9. The van der Waals surface area contributed by atoms with Crippen molar-refractivity contribution in [1.29, 1.82) is 0 Å². The van der Waals surface area contributed by atoms with Crippen molar-refractivity contribution >= 4 is 27.8 Å². The number of aromatic nitrogens is 3. The molecule has 0 aliphatic carbocycles. The molecule has 0 spiro atoms. The molecule has 0 bridgehead atoms. The van der Waals surface area contributed by atoms with Crippen molar-refractivity contribution in [3.05, 3.63) is 70.2 Å². The Balaban J connectivity index is 1.68. The lowest BCUT2D eigenvalue weighted by Gasteiger charge is -2.25. The summed E-state index contributed by atoms with van der Waals surface area (Å²) >= 11 is 3.46. The molecule has 0 unspecified atom stereocenters. The summed E-state index contributed by atoms with van der Waals surface area (Å²) in [5.41, 5.74) is 1.24. The van der Waals surface area contributed by atoms with E-state index in [1.807, 2.05) is 12.1 Å². The quantitative estimate of drug-likeness (QED) is 0.703. The van der Waals surface area contributed by atoms with Gasteiger partial charge in [0.25, 0.3) is 0 Å². The average Bonchev–Trinajstić information content (AvgIpc) is 3.09. The van der Waals surface area contributed by atoms with Crippen molar-refractivity contribution in [1.82, 2.24) is 14.8 Å². The van der Waals surface area contributed by atoms with Gasteiger partial charge in [0.15, 0.2) is 0 Å². The molecular weight excluding hydrogens is 403 g/mol. The third-order valence-corrected chi connectivity index (χ3v) is 4.66. The predicted molar refractivity (Wildman–Crippen MR) is 96.3 cm³/mol. The molecule has 2 heterocycles. The van der Waals surface area contributed by atoms with Crippen LogP contribution in [-0.4, -0.2) is 20.7 Å². The van der Waals surface area contributed by atoms with Crippen molar-refractivity contribution in [3.8, 4) is 5.75 Å². The van der Waals surface area contributed by atoms with Crippen molar-refractivity contribution in [2.45, 2.75) is 19.1 Å². The van der Waals surface area contributed by atoms with Gasteiger partial charge in [-0.05, 0) is 24.3 Å². The second-order valence-electron chi connectivity index (χ2n) is 5.86. The van der Waals surface area contributed by atoms with E-state index >= 15 is 0 Å². The molecule has 1 atom stereocenters. The van der Waals surface area contributed by atoms with Gasteiger partial charge in [-0.15, -0.1) is 0 Å². The highest BCUT2D eigenvalue weighted by Crippen LogP contribution is 2.36. The summed E-state index contributed by atoms with van der Waals surface area (Å²) in [5.74, 6) is 0.501. The number of nitrogens with one attached hydrogen (secondary N) is 1. The lowest BCUT2D eigenvalue weighted by atomic mass is 10.0. The summed E-state index contributed by atoms with van der Waals surface area (Å²) in [6, 6.07) is 11.6. The first kappa shape index (κ1) is 16.7. The summed E-state index contributed by atoms with van der Waals surface area (Å²) in [7, 11) is 0. The SMILES string of the molecule is O=C1C[C@H](c2cc(Br)ccc2OCc2ccccc2F)n2ncnc2N1. The van der Waals surface area contributed by atoms with E-state index in [4.69, 9.17) is 4.74 Å². The number of halogens is 2. The zero-order chi connectivity index (χ0) is 18.1. The monoisotopic (exact) mass is 416 g/mol. The molecule has 1 aliphatic heterocycles. The fraction of sp³-hybridized carbons (Fsp3) is 0.167. The van der Waals surface area contributed by atoms with Gasteiger partial charge in [-0.1, -0.05) is 34.1 Å². The van der Waals surface area contributed by atoms with Crippen LogP contribution in [0.4, 0.5) is 10.3 Å². The largest absolute Gasteiger partial charge is 0.488 e. The molecule has 2 aromatic carbocycles. The maximum Gasteiger partial charge on any atom is 0.229 e. The predicted octanol–water partition coefficient (Wildman–Crippen LogP) is 3.69. The fourth-order valence-corrected chi connectivity index (χ4v) is 3.31. The molecule has 0 fully saturated rings. The van der Waals surface area contributed by atoms with Crippen LogP contribution in [0.5, 0.6) is 5.75 Å². The van der Waals surface area contributed by atoms with Gasteiger partial charge in [-0.3, -0.25) is 10.1 Å². The number of hydrogen-bond acceptors (Lipinski definition) is 4. The van der Waals surface area contributed by atoms with Crippen LogP contribution in [0.15, 0.2) is 53.3 Å². The van der Waals surface area contributed by atoms with Gasteiger partial charge in [0.1, 0.15) is 24.5 Å². The second kappa shape index (κ2) is 6.87. The molecule has 4 rings (SSSR count). The van der Waals surface area contributed by atoms with Gasteiger partial charge in [0.05, 0.1) is 12.5 Å². The third-order valence-electron chi connectivity index (χ3n) is 4.17. The number of anilines is 1. The molecule has 1 amide bonds. The standard InChI is InChI=1S/C18H14BrFN4O2/c19-12-5-6-16(26-9-11-3-1-2-4-14(11)20)13(7-12)15-8-17(25)23-18-21-10-22-24(15)18/h1-7,10,15H,8-9H2,(H,21,22,23,25)/t15-/m1/s1. The van der Waals surface area contributed by atoms with Crippen LogP contribution in [0.1, 0.15) is 23.6 Å². The molecule has 6 nitrogen and oxygen atoms in total. The molecule has 1 aliphatic rings. The van der Waals surface area contributed by atoms with Gasteiger partial charge < -0.3 is 4.74 Å². The Bertz CT molecular complexity index is 975. The number of hydrogen-bond donors (Lipinski definition) is 1. The highest BCUT2D eigenvalue weighted by molar-refractivity contribution is 9.10. The molecule has 1 aromatic heterocycles. The topological polar surface area (TPSA) is 69.0 Å². The lowest BCUT2D eigenvalue weighted by molar-refractivity contribution is -0.117. The Hall–Kier alpha value is -2.74. The number of benzene rings is 2. The molecule has 3 aromatic rings. The van der Waals surface area contributed by atoms with Crippen LogP contribution in [0, 0.1) is 5.82 Å². The number of ether oxygens (including phenoxy) is 1. The Morgan fingerprint density at radius 1 is 1.31 bits per heavy atom. The number of carbonyl (C=O) groups excluding carboxylic acids is 1. The van der Waals surface area contributed by atoms with E-state index in [-0.39, 0.29) is 30.8 Å². The van der Waals surface area contributed by atoms with Gasteiger partial charge in [0.2, 0.25) is 11.9 Å². The molecule has 0 saturated heterocycles. The summed E-state index contributed by atoms with van der Waals surface area (Å²) in [6.07, 6.45) is 1.61.